The average molecular weight is 638 g/mol. The summed E-state index contributed by atoms with van der Waals surface area (Å²) in [7, 11) is 0. The average Bonchev–Trinajstić information content (AvgIpc) is 3.11. The molecule has 0 heterocycles. The maximum Gasteiger partial charge on any atom is 0.0468 e. The normalized spacial score (nSPS) is 17.2. The van der Waals surface area contributed by atoms with Crippen molar-refractivity contribution in [1.29, 1.82) is 0 Å². The van der Waals surface area contributed by atoms with Gasteiger partial charge in [-0.05, 0) is 114 Å². The lowest BCUT2D eigenvalue weighted by Crippen LogP contribution is -2.43. The number of para-hydroxylation sites is 1. The molecule has 8 rings (SSSR count). The van der Waals surface area contributed by atoms with Crippen molar-refractivity contribution in [3.8, 4) is 33.4 Å². The third-order valence-electron chi connectivity index (χ3n) is 13.0. The second kappa shape index (κ2) is 10.8. The van der Waals surface area contributed by atoms with E-state index in [1.807, 2.05) is 0 Å². The highest BCUT2D eigenvalue weighted by Crippen LogP contribution is 2.58. The summed E-state index contributed by atoms with van der Waals surface area (Å²) in [6.07, 6.45) is 0. The minimum absolute atomic E-state index is 0.00298. The van der Waals surface area contributed by atoms with Gasteiger partial charge in [0.2, 0.25) is 0 Å². The van der Waals surface area contributed by atoms with Crippen LogP contribution in [0.25, 0.3) is 33.4 Å². The van der Waals surface area contributed by atoms with Crippen LogP contribution in [0.4, 0.5) is 17.1 Å². The van der Waals surface area contributed by atoms with Crippen LogP contribution in [0.2, 0.25) is 0 Å². The smallest absolute Gasteiger partial charge is 0.0468 e. The first-order chi connectivity index (χ1) is 23.4. The van der Waals surface area contributed by atoms with Crippen LogP contribution in [0.5, 0.6) is 0 Å². The Morgan fingerprint density at radius 2 is 0.837 bits per heavy atom. The SMILES string of the molecule is CC1(C)c2ccccc2-c2cc(N(c3ccccc3)c3ccc4c(c3)C(C)(C)C(C)(C)c3cccc(-c5ccccc5)c3-4)ccc2C1(C)C. The Labute approximate surface area is 293 Å². The second-order valence-electron chi connectivity index (χ2n) is 16.3. The molecule has 49 heavy (non-hydrogen) atoms. The van der Waals surface area contributed by atoms with E-state index < -0.39 is 0 Å². The summed E-state index contributed by atoms with van der Waals surface area (Å²) in [4.78, 5) is 2.46. The number of benzene rings is 6. The molecule has 1 heteroatoms. The maximum atomic E-state index is 2.48. The molecule has 0 amide bonds. The Hall–Kier alpha value is -4.88. The predicted molar refractivity (Wildman–Crippen MR) is 210 cm³/mol. The molecule has 0 bridgehead atoms. The molecule has 0 N–H and O–H groups in total. The fourth-order valence-corrected chi connectivity index (χ4v) is 8.70. The van der Waals surface area contributed by atoms with E-state index in [0.717, 1.165) is 5.69 Å². The van der Waals surface area contributed by atoms with Crippen LogP contribution >= 0.6 is 0 Å². The molecule has 0 aromatic heterocycles. The zero-order chi connectivity index (χ0) is 34.3. The third-order valence-corrected chi connectivity index (χ3v) is 13.0. The van der Waals surface area contributed by atoms with Gasteiger partial charge in [-0.25, -0.2) is 0 Å². The summed E-state index contributed by atoms with van der Waals surface area (Å²) in [6.45, 7) is 19.3. The van der Waals surface area contributed by atoms with Gasteiger partial charge in [0.1, 0.15) is 0 Å². The van der Waals surface area contributed by atoms with Gasteiger partial charge in [0.05, 0.1) is 0 Å². The summed E-state index contributed by atoms with van der Waals surface area (Å²) in [5, 5.41) is 0. The van der Waals surface area contributed by atoms with Gasteiger partial charge >= 0.3 is 0 Å². The molecule has 244 valence electrons. The third kappa shape index (κ3) is 4.44. The molecule has 1 nitrogen and oxygen atoms in total. The molecule has 0 spiro atoms. The van der Waals surface area contributed by atoms with Gasteiger partial charge in [0.15, 0.2) is 0 Å². The van der Waals surface area contributed by atoms with Crippen LogP contribution in [-0.4, -0.2) is 0 Å². The zero-order valence-electron chi connectivity index (χ0n) is 30.2. The van der Waals surface area contributed by atoms with E-state index in [4.69, 9.17) is 0 Å². The monoisotopic (exact) mass is 637 g/mol. The van der Waals surface area contributed by atoms with Crippen molar-refractivity contribution < 1.29 is 0 Å². The van der Waals surface area contributed by atoms with Crippen molar-refractivity contribution in [2.75, 3.05) is 4.90 Å². The fourth-order valence-electron chi connectivity index (χ4n) is 8.70. The van der Waals surface area contributed by atoms with Gasteiger partial charge in [0.25, 0.3) is 0 Å². The summed E-state index contributed by atoms with van der Waals surface area (Å²) >= 11 is 0. The summed E-state index contributed by atoms with van der Waals surface area (Å²) in [5.41, 5.74) is 16.8. The quantitative estimate of drug-likeness (QED) is 0.186. The van der Waals surface area contributed by atoms with Gasteiger partial charge in [0, 0.05) is 17.1 Å². The van der Waals surface area contributed by atoms with Crippen LogP contribution in [-0.2, 0) is 21.7 Å². The predicted octanol–water partition coefficient (Wildman–Crippen LogP) is 13.3. The Balaban J connectivity index is 1.36. The first-order valence-electron chi connectivity index (χ1n) is 17.8. The van der Waals surface area contributed by atoms with Crippen LogP contribution < -0.4 is 4.90 Å². The Morgan fingerprint density at radius 1 is 0.327 bits per heavy atom. The highest BCUT2D eigenvalue weighted by atomic mass is 15.1. The molecule has 6 aromatic carbocycles. The molecule has 0 fully saturated rings. The van der Waals surface area contributed by atoms with Crippen LogP contribution in [0.3, 0.4) is 0 Å². The van der Waals surface area contributed by atoms with E-state index in [0.29, 0.717) is 0 Å². The van der Waals surface area contributed by atoms with Crippen molar-refractivity contribution in [2.45, 2.75) is 77.0 Å². The van der Waals surface area contributed by atoms with Gasteiger partial charge in [-0.3, -0.25) is 0 Å². The number of fused-ring (bicyclic) bond motifs is 6. The summed E-state index contributed by atoms with van der Waals surface area (Å²) < 4.78 is 0. The molecule has 6 aromatic rings. The number of anilines is 3. The number of hydrogen-bond acceptors (Lipinski definition) is 1. The van der Waals surface area contributed by atoms with Crippen molar-refractivity contribution in [1.82, 2.24) is 0 Å². The van der Waals surface area contributed by atoms with Crippen LogP contribution in [0.15, 0.2) is 140 Å². The lowest BCUT2D eigenvalue weighted by Gasteiger charge is -2.49. The molecule has 0 saturated heterocycles. The lowest BCUT2D eigenvalue weighted by atomic mass is 9.55. The van der Waals surface area contributed by atoms with Gasteiger partial charge < -0.3 is 4.90 Å². The first kappa shape index (κ1) is 31.4. The van der Waals surface area contributed by atoms with E-state index >= 15 is 0 Å². The molecule has 0 unspecified atom stereocenters. The number of rotatable bonds is 4. The molecule has 2 aliphatic rings. The molecular weight excluding hydrogens is 591 g/mol. The first-order valence-corrected chi connectivity index (χ1v) is 17.8. The van der Waals surface area contributed by atoms with E-state index in [1.54, 1.807) is 0 Å². The van der Waals surface area contributed by atoms with E-state index in [2.05, 4.69) is 200 Å². The Bertz CT molecular complexity index is 2220. The van der Waals surface area contributed by atoms with Gasteiger partial charge in [-0.2, -0.15) is 0 Å². The zero-order valence-corrected chi connectivity index (χ0v) is 30.2. The van der Waals surface area contributed by atoms with Crippen molar-refractivity contribution in [3.63, 3.8) is 0 Å². The maximum absolute atomic E-state index is 2.48. The molecular formula is C48H47N. The summed E-state index contributed by atoms with van der Waals surface area (Å²) in [6, 6.07) is 52.1. The van der Waals surface area contributed by atoms with E-state index in [-0.39, 0.29) is 21.7 Å². The lowest BCUT2D eigenvalue weighted by molar-refractivity contribution is 0.299. The van der Waals surface area contributed by atoms with Crippen molar-refractivity contribution in [2.24, 2.45) is 0 Å². The Morgan fingerprint density at radius 3 is 1.55 bits per heavy atom. The highest BCUT2D eigenvalue weighted by Gasteiger charge is 2.48. The Kier molecular flexibility index (Phi) is 6.93. The van der Waals surface area contributed by atoms with Crippen LogP contribution in [0, 0.1) is 0 Å². The largest absolute Gasteiger partial charge is 0.310 e. The topological polar surface area (TPSA) is 3.24 Å². The number of nitrogens with zero attached hydrogens (tertiary/aromatic N) is 1. The van der Waals surface area contributed by atoms with Crippen LogP contribution in [0.1, 0.15) is 77.6 Å². The standard InChI is InChI=1S/C48H47N/c1-45(2)40-24-16-15-22-37(40)39-30-34(27-29-41(39)46(45,3)4)49(33-20-13-10-14-21-33)35-26-28-38-43(31-35)48(7,8)47(5,6)42-25-17-23-36(44(38)42)32-18-11-9-12-19-32/h9-31H,1-8H3. The highest BCUT2D eigenvalue weighted by molar-refractivity contribution is 5.92. The van der Waals surface area contributed by atoms with Gasteiger partial charge in [-0.15, -0.1) is 0 Å². The molecule has 2 aliphatic carbocycles. The van der Waals surface area contributed by atoms with Crippen molar-refractivity contribution >= 4 is 17.1 Å². The minimum atomic E-state index is -0.118. The second-order valence-corrected chi connectivity index (χ2v) is 16.3. The van der Waals surface area contributed by atoms with E-state index in [1.165, 1.54) is 67.0 Å². The number of hydrogen-bond donors (Lipinski definition) is 0. The van der Waals surface area contributed by atoms with Gasteiger partial charge in [-0.1, -0.05) is 159 Å². The molecule has 0 radical (unpaired) electrons. The molecule has 0 atom stereocenters. The minimum Gasteiger partial charge on any atom is -0.310 e. The van der Waals surface area contributed by atoms with E-state index in [9.17, 15) is 0 Å². The summed E-state index contributed by atoms with van der Waals surface area (Å²) in [5.74, 6) is 0. The van der Waals surface area contributed by atoms with Crippen molar-refractivity contribution in [3.05, 3.63) is 162 Å². The molecule has 0 aliphatic heterocycles. The molecule has 0 saturated carbocycles. The fraction of sp³-hybridized carbons (Fsp3) is 0.250.